The van der Waals surface area contributed by atoms with Crippen LogP contribution in [0.25, 0.3) is 0 Å². The van der Waals surface area contributed by atoms with Crippen molar-refractivity contribution in [1.82, 2.24) is 0 Å². The van der Waals surface area contributed by atoms with Crippen LogP contribution in [-0.2, 0) is 0 Å². The molecule has 3 heteroatoms. The molecular weight excluding hydrogens is 263 g/mol. The van der Waals surface area contributed by atoms with Crippen molar-refractivity contribution in [3.05, 3.63) is 64.4 Å². The zero-order valence-electron chi connectivity index (χ0n) is 10.4. The lowest BCUT2D eigenvalue weighted by molar-refractivity contribution is 0.340. The van der Waals surface area contributed by atoms with Crippen LogP contribution in [0.1, 0.15) is 18.1 Å². The summed E-state index contributed by atoms with van der Waals surface area (Å²) in [5.41, 5.74) is 1.44. The topological polar surface area (TPSA) is 9.23 Å². The van der Waals surface area contributed by atoms with Gasteiger partial charge in [0.15, 0.2) is 0 Å². The predicted octanol–water partition coefficient (Wildman–Crippen LogP) is 4.28. The highest BCUT2D eigenvalue weighted by Crippen LogP contribution is 2.15. The van der Waals surface area contributed by atoms with E-state index in [0.717, 1.165) is 11.3 Å². The highest BCUT2D eigenvalue weighted by molar-refractivity contribution is 6.30. The van der Waals surface area contributed by atoms with Crippen LogP contribution >= 0.6 is 11.6 Å². The maximum Gasteiger partial charge on any atom is 0.143 e. The zero-order chi connectivity index (χ0) is 13.7. The largest absolute Gasteiger partial charge is 0.494 e. The van der Waals surface area contributed by atoms with Gasteiger partial charge in [-0.15, -0.1) is 0 Å². The molecule has 1 nitrogen and oxygen atoms in total. The van der Waals surface area contributed by atoms with Gasteiger partial charge in [-0.05, 0) is 49.4 Å². The summed E-state index contributed by atoms with van der Waals surface area (Å²) in [5, 5.41) is 0.103. The Morgan fingerprint density at radius 2 is 1.68 bits per heavy atom. The first-order valence-electron chi connectivity index (χ1n) is 5.89. The molecule has 0 saturated heterocycles. The molecular formula is C16H12ClFO. The smallest absolute Gasteiger partial charge is 0.143 e. The molecule has 0 aliphatic heterocycles. The van der Waals surface area contributed by atoms with Crippen molar-refractivity contribution in [2.45, 2.75) is 6.92 Å². The number of benzene rings is 2. The van der Waals surface area contributed by atoms with Gasteiger partial charge in [-0.2, -0.15) is 0 Å². The van der Waals surface area contributed by atoms with E-state index in [4.69, 9.17) is 16.3 Å². The molecule has 96 valence electrons. The third-order valence-electron chi connectivity index (χ3n) is 2.44. The van der Waals surface area contributed by atoms with E-state index in [0.29, 0.717) is 12.2 Å². The van der Waals surface area contributed by atoms with Crippen LogP contribution in [0, 0.1) is 17.7 Å². The number of hydrogen-bond acceptors (Lipinski definition) is 1. The first-order chi connectivity index (χ1) is 9.19. The van der Waals surface area contributed by atoms with E-state index in [1.54, 1.807) is 6.07 Å². The lowest BCUT2D eigenvalue weighted by atomic mass is 10.2. The van der Waals surface area contributed by atoms with E-state index < -0.39 is 5.82 Å². The van der Waals surface area contributed by atoms with Crippen molar-refractivity contribution in [3.63, 3.8) is 0 Å². The average molecular weight is 275 g/mol. The van der Waals surface area contributed by atoms with E-state index in [1.165, 1.54) is 12.1 Å². The molecule has 0 saturated carbocycles. The second kappa shape index (κ2) is 6.26. The standard InChI is InChI=1S/C16H12ClFO/c1-2-19-14-8-5-12(6-9-14)3-4-13-7-10-15(17)16(18)11-13/h5-11H,2H2,1H3. The molecule has 2 aromatic carbocycles. The molecule has 0 atom stereocenters. The lowest BCUT2D eigenvalue weighted by Crippen LogP contribution is -1.90. The summed E-state index contributed by atoms with van der Waals surface area (Å²) in [6, 6.07) is 12.0. The third-order valence-corrected chi connectivity index (χ3v) is 2.74. The van der Waals surface area contributed by atoms with Gasteiger partial charge < -0.3 is 4.74 Å². The van der Waals surface area contributed by atoms with Gasteiger partial charge >= 0.3 is 0 Å². The molecule has 0 unspecified atom stereocenters. The van der Waals surface area contributed by atoms with E-state index >= 15 is 0 Å². The summed E-state index contributed by atoms with van der Waals surface area (Å²) in [5.74, 6) is 6.21. The molecule has 0 aromatic heterocycles. The Labute approximate surface area is 117 Å². The van der Waals surface area contributed by atoms with Gasteiger partial charge in [-0.1, -0.05) is 23.4 Å². The van der Waals surface area contributed by atoms with Gasteiger partial charge in [0.1, 0.15) is 11.6 Å². The van der Waals surface area contributed by atoms with Gasteiger partial charge in [0, 0.05) is 11.1 Å². The van der Waals surface area contributed by atoms with Crippen molar-refractivity contribution >= 4 is 11.6 Å². The van der Waals surface area contributed by atoms with Crippen molar-refractivity contribution in [3.8, 4) is 17.6 Å². The minimum absolute atomic E-state index is 0.103. The van der Waals surface area contributed by atoms with Crippen LogP contribution in [0.2, 0.25) is 5.02 Å². The van der Waals surface area contributed by atoms with Crippen LogP contribution < -0.4 is 4.74 Å². The summed E-state index contributed by atoms with van der Waals surface area (Å²) in [6.45, 7) is 2.57. The summed E-state index contributed by atoms with van der Waals surface area (Å²) in [7, 11) is 0. The first-order valence-corrected chi connectivity index (χ1v) is 6.27. The number of rotatable bonds is 2. The molecule has 0 bridgehead atoms. The molecule has 0 fully saturated rings. The van der Waals surface area contributed by atoms with Crippen molar-refractivity contribution < 1.29 is 9.13 Å². The van der Waals surface area contributed by atoms with Crippen LogP contribution in [0.5, 0.6) is 5.75 Å². The second-order valence-electron chi connectivity index (χ2n) is 3.84. The SMILES string of the molecule is CCOc1ccc(C#Cc2ccc(Cl)c(F)c2)cc1. The van der Waals surface area contributed by atoms with Gasteiger partial charge in [0.05, 0.1) is 11.6 Å². The minimum atomic E-state index is -0.458. The first kappa shape index (κ1) is 13.5. The van der Waals surface area contributed by atoms with Crippen molar-refractivity contribution in [2.24, 2.45) is 0 Å². The molecule has 2 aromatic rings. The minimum Gasteiger partial charge on any atom is -0.494 e. The highest BCUT2D eigenvalue weighted by Gasteiger charge is 1.98. The van der Waals surface area contributed by atoms with Crippen LogP contribution in [0.4, 0.5) is 4.39 Å². The Balaban J connectivity index is 2.16. The molecule has 0 radical (unpaired) electrons. The van der Waals surface area contributed by atoms with Crippen molar-refractivity contribution in [2.75, 3.05) is 6.61 Å². The van der Waals surface area contributed by atoms with E-state index in [1.807, 2.05) is 31.2 Å². The second-order valence-corrected chi connectivity index (χ2v) is 4.24. The van der Waals surface area contributed by atoms with Gasteiger partial charge in [0.2, 0.25) is 0 Å². The molecule has 0 heterocycles. The Kier molecular flexibility index (Phi) is 4.43. The normalized spacial score (nSPS) is 9.63. The maximum atomic E-state index is 13.2. The van der Waals surface area contributed by atoms with E-state index in [-0.39, 0.29) is 5.02 Å². The van der Waals surface area contributed by atoms with Crippen LogP contribution in [-0.4, -0.2) is 6.61 Å². The summed E-state index contributed by atoms with van der Waals surface area (Å²) < 4.78 is 18.6. The third kappa shape index (κ3) is 3.74. The maximum absolute atomic E-state index is 13.2. The Morgan fingerprint density at radius 1 is 1.05 bits per heavy atom. The fourth-order valence-electron chi connectivity index (χ4n) is 1.52. The molecule has 0 aliphatic rings. The number of ether oxygens (including phenoxy) is 1. The summed E-state index contributed by atoms with van der Waals surface area (Å²) in [6.07, 6.45) is 0. The number of hydrogen-bond donors (Lipinski definition) is 0. The quantitative estimate of drug-likeness (QED) is 0.743. The Bertz CT molecular complexity index is 623. The monoisotopic (exact) mass is 274 g/mol. The Hall–Kier alpha value is -1.98. The fraction of sp³-hybridized carbons (Fsp3) is 0.125. The van der Waals surface area contributed by atoms with Crippen LogP contribution in [0.3, 0.4) is 0 Å². The molecule has 0 spiro atoms. The molecule has 0 N–H and O–H groups in total. The van der Waals surface area contributed by atoms with Crippen molar-refractivity contribution in [1.29, 1.82) is 0 Å². The average Bonchev–Trinajstić information content (AvgIpc) is 2.42. The van der Waals surface area contributed by atoms with Gasteiger partial charge in [0.25, 0.3) is 0 Å². The lowest BCUT2D eigenvalue weighted by Gasteiger charge is -2.01. The van der Waals surface area contributed by atoms with E-state index in [9.17, 15) is 4.39 Å². The fourth-order valence-corrected chi connectivity index (χ4v) is 1.64. The van der Waals surface area contributed by atoms with Crippen LogP contribution in [0.15, 0.2) is 42.5 Å². The van der Waals surface area contributed by atoms with E-state index in [2.05, 4.69) is 11.8 Å². The zero-order valence-corrected chi connectivity index (χ0v) is 11.2. The molecule has 0 aliphatic carbocycles. The molecule has 2 rings (SSSR count). The summed E-state index contributed by atoms with van der Waals surface area (Å²) >= 11 is 5.61. The highest BCUT2D eigenvalue weighted by atomic mass is 35.5. The summed E-state index contributed by atoms with van der Waals surface area (Å²) in [4.78, 5) is 0. The van der Waals surface area contributed by atoms with Gasteiger partial charge in [-0.3, -0.25) is 0 Å². The molecule has 0 amide bonds. The van der Waals surface area contributed by atoms with Gasteiger partial charge in [-0.25, -0.2) is 4.39 Å². The number of halogens is 2. The molecule has 19 heavy (non-hydrogen) atoms. The Morgan fingerprint density at radius 3 is 2.32 bits per heavy atom. The predicted molar refractivity (Wildman–Crippen MR) is 75.0 cm³/mol.